The molecule has 0 bridgehead atoms. The van der Waals surface area contributed by atoms with Crippen molar-refractivity contribution in [1.29, 1.82) is 0 Å². The van der Waals surface area contributed by atoms with E-state index in [1.54, 1.807) is 0 Å². The fourth-order valence-corrected chi connectivity index (χ4v) is 3.26. The van der Waals surface area contributed by atoms with E-state index in [1.807, 2.05) is 32.0 Å². The topological polar surface area (TPSA) is 72.1 Å². The Morgan fingerprint density at radius 2 is 2.04 bits per heavy atom. The Morgan fingerprint density at radius 1 is 1.30 bits per heavy atom. The van der Waals surface area contributed by atoms with Crippen LogP contribution in [0.2, 0.25) is 0 Å². The molecule has 0 amide bonds. The standard InChI is InChI=1S/C20H34N4O2.HI/c1-5-25-17-9-10-19(26-6-2)18(12-17)23-20(21)22-13-16-8-7-11-24(14-16)15(3)4;/h9-10,12,15-16H,5-8,11,13-14H2,1-4H3,(H3,21,22,23);1H. The molecule has 1 heterocycles. The third-order valence-electron chi connectivity index (χ3n) is 4.63. The molecular formula is C20H35IN4O2. The van der Waals surface area contributed by atoms with Crippen molar-refractivity contribution in [2.45, 2.75) is 46.6 Å². The fraction of sp³-hybridized carbons (Fsp3) is 0.650. The highest BCUT2D eigenvalue weighted by Crippen LogP contribution is 2.29. The zero-order valence-electron chi connectivity index (χ0n) is 17.0. The molecule has 1 aliphatic rings. The number of hydrogen-bond acceptors (Lipinski definition) is 4. The first-order chi connectivity index (χ1) is 12.5. The SMILES string of the molecule is CCOc1ccc(OCC)c(NC(N)=NCC2CCCN(C(C)C)C2)c1.I. The summed E-state index contributed by atoms with van der Waals surface area (Å²) < 4.78 is 11.2. The van der Waals surface area contributed by atoms with Crippen LogP contribution >= 0.6 is 24.0 Å². The van der Waals surface area contributed by atoms with E-state index in [0.29, 0.717) is 31.1 Å². The van der Waals surface area contributed by atoms with E-state index in [-0.39, 0.29) is 24.0 Å². The minimum atomic E-state index is 0. The highest BCUT2D eigenvalue weighted by molar-refractivity contribution is 14.0. The summed E-state index contributed by atoms with van der Waals surface area (Å²) in [6.07, 6.45) is 2.45. The van der Waals surface area contributed by atoms with Crippen molar-refractivity contribution in [3.8, 4) is 11.5 Å². The van der Waals surface area contributed by atoms with Gasteiger partial charge in [0.05, 0.1) is 18.9 Å². The minimum absolute atomic E-state index is 0. The van der Waals surface area contributed by atoms with Crippen molar-refractivity contribution < 1.29 is 9.47 Å². The lowest BCUT2D eigenvalue weighted by Crippen LogP contribution is -2.41. The number of nitrogens with two attached hydrogens (primary N) is 1. The van der Waals surface area contributed by atoms with Crippen LogP contribution in [-0.2, 0) is 0 Å². The number of halogens is 1. The van der Waals surface area contributed by atoms with Crippen molar-refractivity contribution in [3.63, 3.8) is 0 Å². The third kappa shape index (κ3) is 7.73. The van der Waals surface area contributed by atoms with Crippen LogP contribution in [0, 0.1) is 5.92 Å². The van der Waals surface area contributed by atoms with Crippen LogP contribution in [0.5, 0.6) is 11.5 Å². The molecule has 1 unspecified atom stereocenters. The van der Waals surface area contributed by atoms with Gasteiger partial charge >= 0.3 is 0 Å². The zero-order valence-corrected chi connectivity index (χ0v) is 19.4. The summed E-state index contributed by atoms with van der Waals surface area (Å²) in [6.45, 7) is 12.7. The van der Waals surface area contributed by atoms with Crippen molar-refractivity contribution >= 4 is 35.6 Å². The smallest absolute Gasteiger partial charge is 0.193 e. The maximum Gasteiger partial charge on any atom is 0.193 e. The Morgan fingerprint density at radius 3 is 2.70 bits per heavy atom. The summed E-state index contributed by atoms with van der Waals surface area (Å²) in [4.78, 5) is 7.09. The van der Waals surface area contributed by atoms with Crippen LogP contribution in [0.25, 0.3) is 0 Å². The molecule has 6 nitrogen and oxygen atoms in total. The van der Waals surface area contributed by atoms with E-state index in [1.165, 1.54) is 19.4 Å². The molecule has 0 radical (unpaired) electrons. The van der Waals surface area contributed by atoms with Crippen LogP contribution in [0.1, 0.15) is 40.5 Å². The first-order valence-electron chi connectivity index (χ1n) is 9.74. The third-order valence-corrected chi connectivity index (χ3v) is 4.63. The first-order valence-corrected chi connectivity index (χ1v) is 9.74. The number of piperidine rings is 1. The number of rotatable bonds is 8. The van der Waals surface area contributed by atoms with Gasteiger partial charge < -0.3 is 25.4 Å². The molecule has 3 N–H and O–H groups in total. The second-order valence-corrected chi connectivity index (χ2v) is 6.97. The number of nitrogens with zero attached hydrogens (tertiary/aromatic N) is 2. The number of aliphatic imine (C=N–C) groups is 1. The second-order valence-electron chi connectivity index (χ2n) is 6.97. The fourth-order valence-electron chi connectivity index (χ4n) is 3.26. The zero-order chi connectivity index (χ0) is 18.9. The maximum atomic E-state index is 6.14. The van der Waals surface area contributed by atoms with Gasteiger partial charge in [-0.1, -0.05) is 0 Å². The minimum Gasteiger partial charge on any atom is -0.494 e. The number of ether oxygens (including phenoxy) is 2. The quantitative estimate of drug-likeness (QED) is 0.328. The van der Waals surface area contributed by atoms with E-state index in [9.17, 15) is 0 Å². The monoisotopic (exact) mass is 490 g/mol. The normalized spacial score (nSPS) is 18.1. The van der Waals surface area contributed by atoms with Crippen LogP contribution in [0.15, 0.2) is 23.2 Å². The summed E-state index contributed by atoms with van der Waals surface area (Å²) in [5.41, 5.74) is 6.92. The van der Waals surface area contributed by atoms with Crippen LogP contribution in [0.3, 0.4) is 0 Å². The van der Waals surface area contributed by atoms with E-state index in [4.69, 9.17) is 15.2 Å². The van der Waals surface area contributed by atoms with E-state index >= 15 is 0 Å². The molecule has 154 valence electrons. The Balaban J connectivity index is 0.00000364. The average Bonchev–Trinajstić information content (AvgIpc) is 2.63. The van der Waals surface area contributed by atoms with Gasteiger partial charge in [-0.25, -0.2) is 0 Å². The Bertz CT molecular complexity index is 595. The van der Waals surface area contributed by atoms with Crippen LogP contribution in [-0.4, -0.2) is 49.7 Å². The summed E-state index contributed by atoms with van der Waals surface area (Å²) in [5, 5.41) is 3.18. The molecule has 27 heavy (non-hydrogen) atoms. The summed E-state index contributed by atoms with van der Waals surface area (Å²) in [7, 11) is 0. The molecule has 0 saturated carbocycles. The number of nitrogens with one attached hydrogen (secondary N) is 1. The van der Waals surface area contributed by atoms with E-state index in [2.05, 4.69) is 29.1 Å². The number of hydrogen-bond donors (Lipinski definition) is 2. The van der Waals surface area contributed by atoms with Gasteiger partial charge in [-0.05, 0) is 65.1 Å². The molecule has 1 aromatic carbocycles. The first kappa shape index (κ1) is 23.8. The van der Waals surface area contributed by atoms with Gasteiger partial charge in [-0.15, -0.1) is 24.0 Å². The predicted molar refractivity (Wildman–Crippen MR) is 124 cm³/mol. The Kier molecular flexibility index (Phi) is 10.8. The van der Waals surface area contributed by atoms with E-state index in [0.717, 1.165) is 30.3 Å². The largest absolute Gasteiger partial charge is 0.494 e. The highest BCUT2D eigenvalue weighted by Gasteiger charge is 2.21. The Labute approximate surface area is 180 Å². The summed E-state index contributed by atoms with van der Waals surface area (Å²) >= 11 is 0. The van der Waals surface area contributed by atoms with E-state index < -0.39 is 0 Å². The van der Waals surface area contributed by atoms with Crippen LogP contribution in [0.4, 0.5) is 5.69 Å². The molecule has 1 aromatic rings. The van der Waals surface area contributed by atoms with Gasteiger partial charge in [0.25, 0.3) is 0 Å². The van der Waals surface area contributed by atoms with Gasteiger partial charge in [0.2, 0.25) is 0 Å². The Hall–Kier alpha value is -1.22. The molecule has 1 atom stereocenters. The summed E-state index contributed by atoms with van der Waals surface area (Å²) in [6, 6.07) is 6.28. The van der Waals surface area contributed by atoms with Gasteiger partial charge in [0.15, 0.2) is 5.96 Å². The molecule has 7 heteroatoms. The van der Waals surface area contributed by atoms with Gasteiger partial charge in [-0.3, -0.25) is 4.99 Å². The molecule has 1 saturated heterocycles. The maximum absolute atomic E-state index is 6.14. The van der Waals surface area contributed by atoms with Crippen molar-refractivity contribution in [2.75, 3.05) is 38.2 Å². The predicted octanol–water partition coefficient (Wildman–Crippen LogP) is 3.95. The van der Waals surface area contributed by atoms with Crippen molar-refractivity contribution in [2.24, 2.45) is 16.6 Å². The number of benzene rings is 1. The highest BCUT2D eigenvalue weighted by atomic mass is 127. The van der Waals surface area contributed by atoms with Crippen molar-refractivity contribution in [3.05, 3.63) is 18.2 Å². The molecular weight excluding hydrogens is 455 g/mol. The van der Waals surface area contributed by atoms with Gasteiger partial charge in [0, 0.05) is 25.2 Å². The average molecular weight is 490 g/mol. The van der Waals surface area contributed by atoms with Crippen LogP contribution < -0.4 is 20.5 Å². The lowest BCUT2D eigenvalue weighted by atomic mass is 9.97. The number of guanidine groups is 1. The molecule has 0 aliphatic carbocycles. The number of likely N-dealkylation sites (tertiary alicyclic amines) is 1. The summed E-state index contributed by atoms with van der Waals surface area (Å²) in [5.74, 6) is 2.51. The molecule has 1 fully saturated rings. The van der Waals surface area contributed by atoms with Gasteiger partial charge in [0.1, 0.15) is 11.5 Å². The molecule has 0 aromatic heterocycles. The molecule has 0 spiro atoms. The van der Waals surface area contributed by atoms with Crippen molar-refractivity contribution in [1.82, 2.24) is 4.90 Å². The number of anilines is 1. The molecule has 2 rings (SSSR count). The van der Waals surface area contributed by atoms with Gasteiger partial charge in [-0.2, -0.15) is 0 Å². The second kappa shape index (κ2) is 12.3. The molecule has 1 aliphatic heterocycles. The lowest BCUT2D eigenvalue weighted by molar-refractivity contribution is 0.143. The lowest BCUT2D eigenvalue weighted by Gasteiger charge is -2.34.